The van der Waals surface area contributed by atoms with Gasteiger partial charge in [-0.3, -0.25) is 19.1 Å². The molecule has 0 aromatic rings. The summed E-state index contributed by atoms with van der Waals surface area (Å²) in [5.74, 6) is -1.80. The van der Waals surface area contributed by atoms with Crippen LogP contribution in [0.5, 0.6) is 0 Å². The molecule has 0 spiro atoms. The van der Waals surface area contributed by atoms with Crippen LogP contribution in [0.3, 0.4) is 0 Å². The van der Waals surface area contributed by atoms with Gasteiger partial charge in [0, 0.05) is 6.54 Å². The monoisotopic (exact) mass is 580 g/mol. The van der Waals surface area contributed by atoms with Crippen LogP contribution < -0.4 is 15.4 Å². The molecule has 0 aromatic heterocycles. The Morgan fingerprint density at radius 3 is 2.25 bits per heavy atom. The summed E-state index contributed by atoms with van der Waals surface area (Å²) >= 11 is 0. The summed E-state index contributed by atoms with van der Waals surface area (Å²) in [5, 5.41) is 4.68. The summed E-state index contributed by atoms with van der Waals surface area (Å²) in [6.07, 6.45) is 11.2. The Morgan fingerprint density at radius 1 is 0.900 bits per heavy atom. The van der Waals surface area contributed by atoms with E-state index >= 15 is 0 Å². The molecule has 3 N–H and O–H groups in total. The zero-order chi connectivity index (χ0) is 29.5. The first kappa shape index (κ1) is 33.1. The second-order valence-electron chi connectivity index (χ2n) is 10.2. The number of sulfonamides is 1. The minimum atomic E-state index is -3.79. The summed E-state index contributed by atoms with van der Waals surface area (Å²) < 4.78 is 31.7. The third-order valence-electron chi connectivity index (χ3n) is 6.86. The van der Waals surface area contributed by atoms with Gasteiger partial charge in [0.25, 0.3) is 5.91 Å². The molecule has 2 rings (SSSR count). The van der Waals surface area contributed by atoms with Gasteiger partial charge in [0.15, 0.2) is 0 Å². The molecular formula is C28H44N4O7S. The highest BCUT2D eigenvalue weighted by Gasteiger charge is 2.40. The first-order valence-corrected chi connectivity index (χ1v) is 15.6. The van der Waals surface area contributed by atoms with Crippen LogP contribution >= 0.6 is 0 Å². The van der Waals surface area contributed by atoms with E-state index in [0.29, 0.717) is 57.9 Å². The number of amides is 4. The molecule has 4 amide bonds. The topological polar surface area (TPSA) is 151 Å². The van der Waals surface area contributed by atoms with Gasteiger partial charge >= 0.3 is 6.09 Å². The lowest BCUT2D eigenvalue weighted by Gasteiger charge is -2.29. The normalized spacial score (nSPS) is 18.2. The number of unbranched alkanes of at least 4 members (excludes halogenated alkanes) is 4. The van der Waals surface area contributed by atoms with Gasteiger partial charge in [-0.2, -0.15) is 0 Å². The number of nitrogens with one attached hydrogen (secondary N) is 3. The van der Waals surface area contributed by atoms with Crippen LogP contribution in [-0.4, -0.2) is 73.7 Å². The fourth-order valence-corrected chi connectivity index (χ4v) is 5.84. The third-order valence-corrected chi connectivity index (χ3v) is 8.69. The average molecular weight is 581 g/mol. The predicted molar refractivity (Wildman–Crippen MR) is 153 cm³/mol. The minimum absolute atomic E-state index is 0.0189. The quantitative estimate of drug-likeness (QED) is 0.157. The smallest absolute Gasteiger partial charge is 0.407 e. The fourth-order valence-electron chi connectivity index (χ4n) is 4.49. The van der Waals surface area contributed by atoms with E-state index < -0.39 is 57.2 Å². The maximum atomic E-state index is 13.6. The standard InChI is InChI=1S/C28H44N4O7S/c1-4-7-9-10-11-15-23(30-28(36)39-20-12-8-5-2)27(35)32-19-13-16-24(32)26(34)29-22(14-6-3)25(33)31-40(37,38)21-17-18-21/h4-6,21-24H,1-3,7-20H2,(H,29,34)(H,30,36)(H,31,33)/t22?,23-,24-/m0/s1. The van der Waals surface area contributed by atoms with Crippen molar-refractivity contribution >= 4 is 33.8 Å². The Bertz CT molecular complexity index is 1030. The highest BCUT2D eigenvalue weighted by Crippen LogP contribution is 2.27. The van der Waals surface area contributed by atoms with Crippen molar-refractivity contribution in [2.75, 3.05) is 13.2 Å². The van der Waals surface area contributed by atoms with E-state index in [1.54, 1.807) is 6.08 Å². The highest BCUT2D eigenvalue weighted by molar-refractivity contribution is 7.90. The fraction of sp³-hybridized carbons (Fsp3) is 0.643. The molecule has 1 aliphatic heterocycles. The van der Waals surface area contributed by atoms with Crippen LogP contribution in [0.15, 0.2) is 38.0 Å². The Morgan fingerprint density at radius 2 is 1.60 bits per heavy atom. The largest absolute Gasteiger partial charge is 0.450 e. The molecule has 1 heterocycles. The lowest BCUT2D eigenvalue weighted by atomic mass is 10.0. The third kappa shape index (κ3) is 10.8. The molecule has 1 unspecified atom stereocenters. The Labute approximate surface area is 237 Å². The molecule has 224 valence electrons. The number of likely N-dealkylation sites (tertiary alicyclic amines) is 1. The maximum absolute atomic E-state index is 13.6. The second-order valence-corrected chi connectivity index (χ2v) is 12.1. The molecule has 0 aromatic carbocycles. The lowest BCUT2D eigenvalue weighted by molar-refractivity contribution is -0.140. The Hall–Kier alpha value is -3.15. The highest BCUT2D eigenvalue weighted by atomic mass is 32.2. The van der Waals surface area contributed by atoms with E-state index in [9.17, 15) is 27.6 Å². The molecule has 11 nitrogen and oxygen atoms in total. The summed E-state index contributed by atoms with van der Waals surface area (Å²) in [4.78, 5) is 53.4. The first-order valence-electron chi connectivity index (χ1n) is 14.1. The van der Waals surface area contributed by atoms with E-state index in [4.69, 9.17) is 4.74 Å². The second kappa shape index (κ2) is 16.8. The average Bonchev–Trinajstić information content (AvgIpc) is 3.67. The molecule has 1 aliphatic carbocycles. The van der Waals surface area contributed by atoms with Gasteiger partial charge in [-0.25, -0.2) is 13.2 Å². The number of allylic oxidation sites excluding steroid dienone is 2. The number of ether oxygens (including phenoxy) is 1. The molecule has 2 fully saturated rings. The van der Waals surface area contributed by atoms with Crippen molar-refractivity contribution in [3.05, 3.63) is 38.0 Å². The number of rotatable bonds is 19. The van der Waals surface area contributed by atoms with Crippen molar-refractivity contribution in [3.8, 4) is 0 Å². The zero-order valence-corrected chi connectivity index (χ0v) is 24.1. The van der Waals surface area contributed by atoms with Crippen LogP contribution in [0.25, 0.3) is 0 Å². The van der Waals surface area contributed by atoms with Gasteiger partial charge in [0.2, 0.25) is 21.8 Å². The lowest BCUT2D eigenvalue weighted by Crippen LogP contribution is -2.56. The summed E-state index contributed by atoms with van der Waals surface area (Å²) in [7, 11) is -3.79. The van der Waals surface area contributed by atoms with Crippen molar-refractivity contribution in [1.29, 1.82) is 0 Å². The van der Waals surface area contributed by atoms with Crippen LogP contribution in [0.1, 0.15) is 77.0 Å². The molecular weight excluding hydrogens is 536 g/mol. The molecule has 3 atom stereocenters. The predicted octanol–water partition coefficient (Wildman–Crippen LogP) is 2.84. The Balaban J connectivity index is 2.06. The first-order chi connectivity index (χ1) is 19.1. The van der Waals surface area contributed by atoms with Crippen LogP contribution in [-0.2, 0) is 29.1 Å². The van der Waals surface area contributed by atoms with E-state index in [1.807, 2.05) is 6.08 Å². The van der Waals surface area contributed by atoms with Crippen molar-refractivity contribution < 1.29 is 32.3 Å². The molecule has 40 heavy (non-hydrogen) atoms. The van der Waals surface area contributed by atoms with Crippen LogP contribution in [0.2, 0.25) is 0 Å². The van der Waals surface area contributed by atoms with Crippen molar-refractivity contribution in [3.63, 3.8) is 0 Å². The summed E-state index contributed by atoms with van der Waals surface area (Å²) in [6, 6.07) is -2.89. The number of carbonyl (C=O) groups is 4. The Kier molecular flexibility index (Phi) is 13.9. The van der Waals surface area contributed by atoms with Crippen molar-refractivity contribution in [2.45, 2.75) is 100 Å². The van der Waals surface area contributed by atoms with E-state index in [1.165, 1.54) is 11.0 Å². The molecule has 2 aliphatic rings. The van der Waals surface area contributed by atoms with Crippen LogP contribution in [0.4, 0.5) is 4.79 Å². The number of alkyl carbamates (subject to hydrolysis) is 1. The molecule has 1 saturated carbocycles. The van der Waals surface area contributed by atoms with Crippen molar-refractivity contribution in [2.24, 2.45) is 0 Å². The van der Waals surface area contributed by atoms with E-state index in [2.05, 4.69) is 35.1 Å². The summed E-state index contributed by atoms with van der Waals surface area (Å²) in [5.41, 5.74) is 0. The minimum Gasteiger partial charge on any atom is -0.450 e. The van der Waals surface area contributed by atoms with Crippen molar-refractivity contribution in [1.82, 2.24) is 20.3 Å². The zero-order valence-electron chi connectivity index (χ0n) is 23.3. The van der Waals surface area contributed by atoms with E-state index in [0.717, 1.165) is 19.3 Å². The number of hydrogen-bond acceptors (Lipinski definition) is 7. The maximum Gasteiger partial charge on any atom is 0.407 e. The summed E-state index contributed by atoms with van der Waals surface area (Å²) in [6.45, 7) is 11.4. The van der Waals surface area contributed by atoms with Gasteiger partial charge in [-0.05, 0) is 64.2 Å². The van der Waals surface area contributed by atoms with Gasteiger partial charge in [-0.15, -0.1) is 19.7 Å². The molecule has 0 radical (unpaired) electrons. The van der Waals surface area contributed by atoms with Gasteiger partial charge in [0.1, 0.15) is 18.1 Å². The number of hydrogen-bond donors (Lipinski definition) is 3. The van der Waals surface area contributed by atoms with Crippen LogP contribution in [0, 0.1) is 0 Å². The van der Waals surface area contributed by atoms with Gasteiger partial charge < -0.3 is 20.3 Å². The number of nitrogens with zero attached hydrogens (tertiary/aromatic N) is 1. The molecule has 12 heteroatoms. The number of carbonyl (C=O) groups excluding carboxylic acids is 4. The van der Waals surface area contributed by atoms with Gasteiger partial charge in [0.05, 0.1) is 11.9 Å². The van der Waals surface area contributed by atoms with E-state index in [-0.39, 0.29) is 13.0 Å². The SMILES string of the molecule is C=CCCCCC[C@H](NC(=O)OCCCC=C)C(=O)N1CCC[C@H]1C(=O)NC(CC=C)C(=O)NS(=O)(=O)C1CC1. The van der Waals surface area contributed by atoms with Gasteiger partial charge in [-0.1, -0.05) is 31.1 Å². The molecule has 0 bridgehead atoms. The molecule has 1 saturated heterocycles.